The molecule has 12 heavy (non-hydrogen) atoms. The molecule has 0 radical (unpaired) electrons. The third-order valence-electron chi connectivity index (χ3n) is 1.11. The number of carbonyl (C=O) groups is 2. The standard InChI is InChI=1S/C6H9NO5/c1-3-12-6(9)5(4(2)8)7(10)11/h5H,3H2,1-2H3. The topological polar surface area (TPSA) is 86.5 Å². The molecule has 0 saturated carbocycles. The number of hydrogen-bond donors (Lipinski definition) is 0. The molecule has 0 saturated heterocycles. The molecule has 0 amide bonds. The Balaban J connectivity index is 4.41. The predicted molar refractivity (Wildman–Crippen MR) is 38.1 cm³/mol. The van der Waals surface area contributed by atoms with Crippen molar-refractivity contribution in [2.75, 3.05) is 6.61 Å². The number of Topliss-reactive ketones (excluding diaryl/α,β-unsaturated/α-hetero) is 1. The number of hydrogen-bond acceptors (Lipinski definition) is 5. The molecule has 0 aliphatic carbocycles. The van der Waals surface area contributed by atoms with Gasteiger partial charge in [-0.1, -0.05) is 0 Å². The summed E-state index contributed by atoms with van der Waals surface area (Å²) in [6.07, 6.45) is 0. The van der Waals surface area contributed by atoms with E-state index >= 15 is 0 Å². The summed E-state index contributed by atoms with van der Waals surface area (Å²) in [5, 5.41) is 10.1. The minimum absolute atomic E-state index is 0.0243. The van der Waals surface area contributed by atoms with Crippen LogP contribution in [0.3, 0.4) is 0 Å². The Hall–Kier alpha value is -1.46. The van der Waals surface area contributed by atoms with E-state index in [1.807, 2.05) is 0 Å². The average molecular weight is 175 g/mol. The minimum atomic E-state index is -1.87. The molecule has 0 fully saturated rings. The summed E-state index contributed by atoms with van der Waals surface area (Å²) in [6, 6.07) is -1.87. The van der Waals surface area contributed by atoms with Crippen molar-refractivity contribution < 1.29 is 19.2 Å². The average Bonchev–Trinajstić information content (AvgIpc) is 1.85. The second-order valence-corrected chi connectivity index (χ2v) is 2.05. The van der Waals surface area contributed by atoms with Crippen LogP contribution in [0, 0.1) is 10.1 Å². The van der Waals surface area contributed by atoms with Crippen LogP contribution in [0.5, 0.6) is 0 Å². The van der Waals surface area contributed by atoms with Gasteiger partial charge in [0, 0.05) is 11.8 Å². The maximum absolute atomic E-state index is 10.7. The molecule has 68 valence electrons. The van der Waals surface area contributed by atoms with Crippen LogP contribution in [-0.4, -0.2) is 29.3 Å². The highest BCUT2D eigenvalue weighted by molar-refractivity contribution is 6.00. The van der Waals surface area contributed by atoms with Gasteiger partial charge in [-0.3, -0.25) is 14.9 Å². The summed E-state index contributed by atoms with van der Waals surface area (Å²) in [4.78, 5) is 30.5. The molecule has 0 spiro atoms. The molecule has 0 bridgehead atoms. The smallest absolute Gasteiger partial charge is 0.389 e. The van der Waals surface area contributed by atoms with Crippen LogP contribution in [0.1, 0.15) is 13.8 Å². The summed E-state index contributed by atoms with van der Waals surface area (Å²) in [5.41, 5.74) is 0. The molecular weight excluding hydrogens is 166 g/mol. The predicted octanol–water partition coefficient (Wildman–Crippen LogP) is -0.216. The Labute approximate surface area is 68.7 Å². The van der Waals surface area contributed by atoms with E-state index in [9.17, 15) is 19.7 Å². The maximum Gasteiger partial charge on any atom is 0.389 e. The Kier molecular flexibility index (Phi) is 3.89. The minimum Gasteiger partial charge on any atom is -0.461 e. The second-order valence-electron chi connectivity index (χ2n) is 2.05. The maximum atomic E-state index is 10.7. The van der Waals surface area contributed by atoms with Gasteiger partial charge in [0.15, 0.2) is 0 Å². The molecular formula is C6H9NO5. The highest BCUT2D eigenvalue weighted by atomic mass is 16.6. The molecule has 6 heteroatoms. The van der Waals surface area contributed by atoms with E-state index < -0.39 is 22.7 Å². The van der Waals surface area contributed by atoms with Crippen molar-refractivity contribution >= 4 is 11.8 Å². The molecule has 0 rings (SSSR count). The van der Waals surface area contributed by atoms with E-state index in [0.29, 0.717) is 0 Å². The fourth-order valence-electron chi connectivity index (χ4n) is 0.622. The molecule has 0 aliphatic rings. The Morgan fingerprint density at radius 3 is 2.33 bits per heavy atom. The molecule has 0 aliphatic heterocycles. The van der Waals surface area contributed by atoms with E-state index in [0.717, 1.165) is 6.92 Å². The summed E-state index contributed by atoms with van der Waals surface area (Å²) < 4.78 is 4.33. The van der Waals surface area contributed by atoms with Crippen LogP contribution < -0.4 is 0 Å². The zero-order chi connectivity index (χ0) is 9.72. The normalized spacial score (nSPS) is 11.8. The van der Waals surface area contributed by atoms with Gasteiger partial charge in [-0.05, 0) is 6.92 Å². The lowest BCUT2D eigenvalue weighted by Gasteiger charge is -2.03. The molecule has 0 aromatic carbocycles. The van der Waals surface area contributed by atoms with Crippen LogP contribution in [0.15, 0.2) is 0 Å². The second kappa shape index (κ2) is 4.42. The quantitative estimate of drug-likeness (QED) is 0.255. The number of nitro groups is 1. The fraction of sp³-hybridized carbons (Fsp3) is 0.667. The number of nitrogens with zero attached hydrogens (tertiary/aromatic N) is 1. The lowest BCUT2D eigenvalue weighted by atomic mass is 10.2. The molecule has 0 aromatic heterocycles. The van der Waals surface area contributed by atoms with Crippen molar-refractivity contribution in [3.05, 3.63) is 10.1 Å². The highest BCUT2D eigenvalue weighted by Gasteiger charge is 2.36. The van der Waals surface area contributed by atoms with Crippen molar-refractivity contribution in [3.63, 3.8) is 0 Å². The first-order valence-corrected chi connectivity index (χ1v) is 3.31. The summed E-state index contributed by atoms with van der Waals surface area (Å²) in [5.74, 6) is -1.92. The molecule has 6 nitrogen and oxygen atoms in total. The van der Waals surface area contributed by atoms with E-state index in [1.54, 1.807) is 0 Å². The molecule has 0 aromatic rings. The Bertz CT molecular complexity index is 198. The van der Waals surface area contributed by atoms with Gasteiger partial charge in [-0.2, -0.15) is 0 Å². The van der Waals surface area contributed by atoms with Crippen molar-refractivity contribution in [3.8, 4) is 0 Å². The number of ketones is 1. The van der Waals surface area contributed by atoms with E-state index in [1.165, 1.54) is 6.92 Å². The van der Waals surface area contributed by atoms with E-state index in [-0.39, 0.29) is 6.61 Å². The third kappa shape index (κ3) is 2.65. The van der Waals surface area contributed by atoms with Crippen LogP contribution in [0.2, 0.25) is 0 Å². The lowest BCUT2D eigenvalue weighted by Crippen LogP contribution is -2.37. The molecule has 0 heterocycles. The van der Waals surface area contributed by atoms with Gasteiger partial charge in [-0.15, -0.1) is 0 Å². The van der Waals surface area contributed by atoms with E-state index in [2.05, 4.69) is 4.74 Å². The number of rotatable bonds is 4. The monoisotopic (exact) mass is 175 g/mol. The van der Waals surface area contributed by atoms with E-state index in [4.69, 9.17) is 0 Å². The van der Waals surface area contributed by atoms with Gasteiger partial charge in [0.1, 0.15) is 0 Å². The zero-order valence-corrected chi connectivity index (χ0v) is 6.77. The van der Waals surface area contributed by atoms with Crippen LogP contribution >= 0.6 is 0 Å². The highest BCUT2D eigenvalue weighted by Crippen LogP contribution is 1.95. The SMILES string of the molecule is CCOC(=O)C(C(C)=O)[N+](=O)[O-]. The Morgan fingerprint density at radius 2 is 2.08 bits per heavy atom. The lowest BCUT2D eigenvalue weighted by molar-refractivity contribution is -0.496. The molecule has 0 N–H and O–H groups in total. The van der Waals surface area contributed by atoms with Crippen molar-refractivity contribution in [1.29, 1.82) is 0 Å². The first kappa shape index (κ1) is 10.5. The summed E-state index contributed by atoms with van der Waals surface area (Å²) in [7, 11) is 0. The number of carbonyl (C=O) groups excluding carboxylic acids is 2. The van der Waals surface area contributed by atoms with Gasteiger partial charge >= 0.3 is 12.0 Å². The fourth-order valence-corrected chi connectivity index (χ4v) is 0.622. The van der Waals surface area contributed by atoms with Crippen molar-refractivity contribution in [2.24, 2.45) is 0 Å². The summed E-state index contributed by atoms with van der Waals surface area (Å²) in [6.45, 7) is 2.51. The van der Waals surface area contributed by atoms with Gasteiger partial charge in [-0.25, -0.2) is 4.79 Å². The molecule has 1 atom stereocenters. The zero-order valence-electron chi connectivity index (χ0n) is 6.77. The van der Waals surface area contributed by atoms with Gasteiger partial charge in [0.25, 0.3) is 0 Å². The summed E-state index contributed by atoms with van der Waals surface area (Å²) >= 11 is 0. The van der Waals surface area contributed by atoms with Crippen molar-refractivity contribution in [1.82, 2.24) is 0 Å². The van der Waals surface area contributed by atoms with Crippen LogP contribution in [-0.2, 0) is 14.3 Å². The Morgan fingerprint density at radius 1 is 1.58 bits per heavy atom. The first-order valence-electron chi connectivity index (χ1n) is 3.31. The van der Waals surface area contributed by atoms with Gasteiger partial charge in [0.2, 0.25) is 5.78 Å². The van der Waals surface area contributed by atoms with Crippen LogP contribution in [0.25, 0.3) is 0 Å². The molecule has 1 unspecified atom stereocenters. The number of ether oxygens (including phenoxy) is 1. The third-order valence-corrected chi connectivity index (χ3v) is 1.11. The van der Waals surface area contributed by atoms with Crippen LogP contribution in [0.4, 0.5) is 0 Å². The largest absolute Gasteiger partial charge is 0.461 e. The van der Waals surface area contributed by atoms with Gasteiger partial charge in [0.05, 0.1) is 6.61 Å². The number of esters is 1. The first-order chi connectivity index (χ1) is 5.50. The van der Waals surface area contributed by atoms with Crippen molar-refractivity contribution in [2.45, 2.75) is 19.9 Å². The van der Waals surface area contributed by atoms with Gasteiger partial charge < -0.3 is 4.74 Å².